The Morgan fingerprint density at radius 1 is 0.818 bits per heavy atom. The quantitative estimate of drug-likeness (QED) is 0.423. The van der Waals surface area contributed by atoms with Gasteiger partial charge in [0.2, 0.25) is 0 Å². The summed E-state index contributed by atoms with van der Waals surface area (Å²) < 4.78 is 10.5. The first kappa shape index (κ1) is 26.6. The second-order valence-corrected chi connectivity index (χ2v) is 6.31. The molecule has 0 unspecified atom stereocenters. The van der Waals surface area contributed by atoms with Crippen molar-refractivity contribution in [3.05, 3.63) is 0 Å². The highest BCUT2D eigenvalue weighted by Gasteiger charge is 2.17. The normalized spacial score (nSPS) is 13.5. The number of hydrogen-bond donors (Lipinski definition) is 4. The molecule has 0 aliphatic heterocycles. The maximum absolute atomic E-state index is 9.38. The highest BCUT2D eigenvalue weighted by atomic mass is 16.6. The first-order chi connectivity index (χ1) is 9.60. The second kappa shape index (κ2) is 12.2. The topological polar surface area (TPSA) is 99.4 Å². The third-order valence-corrected chi connectivity index (χ3v) is 1.70. The van der Waals surface area contributed by atoms with Gasteiger partial charge in [0, 0.05) is 0 Å². The molecule has 0 rings (SSSR count). The van der Waals surface area contributed by atoms with Gasteiger partial charge in [-0.15, -0.1) is 0 Å². The van der Waals surface area contributed by atoms with E-state index in [4.69, 9.17) is 19.7 Å². The lowest BCUT2D eigenvalue weighted by Crippen LogP contribution is -2.29. The van der Waals surface area contributed by atoms with Crippen molar-refractivity contribution in [3.63, 3.8) is 0 Å². The Hall–Kier alpha value is -0.240. The van der Waals surface area contributed by atoms with Gasteiger partial charge in [-0.05, 0) is 61.3 Å². The van der Waals surface area contributed by atoms with Crippen LogP contribution >= 0.6 is 0 Å². The Morgan fingerprint density at radius 3 is 1.45 bits per heavy atom. The minimum Gasteiger partial charge on any atom is -0.366 e. The molecule has 6 nitrogen and oxygen atoms in total. The summed E-state index contributed by atoms with van der Waals surface area (Å²) in [5.41, 5.74) is 0. The maximum Gasteiger partial charge on any atom is 0.160 e. The molecule has 0 saturated carbocycles. The minimum absolute atomic E-state index is 0.0181. The van der Waals surface area contributed by atoms with E-state index >= 15 is 0 Å². The summed E-state index contributed by atoms with van der Waals surface area (Å²) in [6.07, 6.45) is 1.57. The number of hydrogen-bond acceptors (Lipinski definition) is 6. The molecular weight excluding hydrogens is 288 g/mol. The summed E-state index contributed by atoms with van der Waals surface area (Å²) in [4.78, 5) is 0. The smallest absolute Gasteiger partial charge is 0.160 e. The van der Waals surface area contributed by atoms with E-state index in [2.05, 4.69) is 0 Å². The highest BCUT2D eigenvalue weighted by molar-refractivity contribution is 4.57. The second-order valence-electron chi connectivity index (χ2n) is 6.31. The van der Waals surface area contributed by atoms with Crippen molar-refractivity contribution < 1.29 is 29.9 Å². The van der Waals surface area contributed by atoms with Crippen molar-refractivity contribution in [2.24, 2.45) is 0 Å². The Labute approximate surface area is 136 Å². The van der Waals surface area contributed by atoms with Crippen LogP contribution in [0.15, 0.2) is 0 Å². The first-order valence-electron chi connectivity index (χ1n) is 7.81. The molecular formula is C16H38O6. The van der Waals surface area contributed by atoms with Gasteiger partial charge in [0.1, 0.15) is 0 Å². The lowest BCUT2D eigenvalue weighted by atomic mass is 10.2. The molecule has 0 saturated heterocycles. The molecule has 0 radical (unpaired) electrons. The number of ether oxygens (including phenoxy) is 2. The van der Waals surface area contributed by atoms with Gasteiger partial charge in [0.25, 0.3) is 0 Å². The van der Waals surface area contributed by atoms with Crippen molar-refractivity contribution in [1.82, 2.24) is 0 Å². The van der Waals surface area contributed by atoms with Crippen LogP contribution in [0.25, 0.3) is 0 Å². The van der Waals surface area contributed by atoms with E-state index in [-0.39, 0.29) is 6.10 Å². The van der Waals surface area contributed by atoms with Gasteiger partial charge in [-0.2, -0.15) is 0 Å². The average Bonchev–Trinajstić information content (AvgIpc) is 2.21. The Balaban J connectivity index is -0.000000434. The van der Waals surface area contributed by atoms with Gasteiger partial charge in [-0.25, -0.2) is 0 Å². The minimum atomic E-state index is -1.50. The summed E-state index contributed by atoms with van der Waals surface area (Å²) >= 11 is 0. The lowest BCUT2D eigenvalue weighted by molar-refractivity contribution is -0.206. The van der Waals surface area contributed by atoms with Crippen LogP contribution in [0.3, 0.4) is 0 Å². The Morgan fingerprint density at radius 2 is 1.18 bits per heavy atom. The third kappa shape index (κ3) is 42.7. The van der Waals surface area contributed by atoms with E-state index in [0.717, 1.165) is 12.8 Å². The summed E-state index contributed by atoms with van der Waals surface area (Å²) in [6.45, 7) is 15.4. The fourth-order valence-electron chi connectivity index (χ4n) is 1.24. The lowest BCUT2D eigenvalue weighted by Gasteiger charge is -2.24. The average molecular weight is 326 g/mol. The maximum atomic E-state index is 9.38. The van der Waals surface area contributed by atoms with Crippen molar-refractivity contribution >= 4 is 0 Å². The molecule has 0 aromatic rings. The van der Waals surface area contributed by atoms with Crippen molar-refractivity contribution in [3.8, 4) is 0 Å². The molecule has 0 aromatic carbocycles. The Bertz CT molecular complexity index is 228. The van der Waals surface area contributed by atoms with Crippen LogP contribution in [0, 0.1) is 0 Å². The van der Waals surface area contributed by atoms with Gasteiger partial charge in [0.05, 0.1) is 12.7 Å². The molecule has 1 atom stereocenters. The summed E-state index contributed by atoms with van der Waals surface area (Å²) in [5.74, 6) is -3.66. The first-order valence-corrected chi connectivity index (χ1v) is 7.81. The predicted molar refractivity (Wildman–Crippen MR) is 88.2 cm³/mol. The van der Waals surface area contributed by atoms with Gasteiger partial charge >= 0.3 is 0 Å². The summed E-state index contributed by atoms with van der Waals surface area (Å²) in [7, 11) is 0. The van der Waals surface area contributed by atoms with Gasteiger partial charge in [0.15, 0.2) is 17.4 Å². The van der Waals surface area contributed by atoms with Crippen LogP contribution in [0.4, 0.5) is 0 Å². The van der Waals surface area contributed by atoms with E-state index in [1.165, 1.54) is 13.8 Å². The van der Waals surface area contributed by atoms with Gasteiger partial charge < -0.3 is 29.9 Å². The van der Waals surface area contributed by atoms with Crippen LogP contribution in [0.1, 0.15) is 75.2 Å². The SMILES string of the molecule is CC.CC(C)(O)O.C[C@H](CCCOC(C)(C)O)OC(C)(C)O. The molecule has 0 aliphatic carbocycles. The molecule has 0 bridgehead atoms. The largest absolute Gasteiger partial charge is 0.366 e. The highest BCUT2D eigenvalue weighted by Crippen LogP contribution is 2.12. The summed E-state index contributed by atoms with van der Waals surface area (Å²) in [6, 6.07) is 0. The van der Waals surface area contributed by atoms with Crippen LogP contribution in [0.5, 0.6) is 0 Å². The summed E-state index contributed by atoms with van der Waals surface area (Å²) in [5, 5.41) is 34.8. The molecule has 0 heterocycles. The molecule has 0 fully saturated rings. The van der Waals surface area contributed by atoms with Crippen molar-refractivity contribution in [2.45, 2.75) is 98.6 Å². The molecule has 0 aliphatic rings. The molecule has 0 aromatic heterocycles. The zero-order valence-corrected chi connectivity index (χ0v) is 15.8. The van der Waals surface area contributed by atoms with Crippen molar-refractivity contribution in [2.75, 3.05) is 6.61 Å². The van der Waals surface area contributed by atoms with Crippen molar-refractivity contribution in [1.29, 1.82) is 0 Å². The van der Waals surface area contributed by atoms with Crippen LogP contribution in [-0.2, 0) is 9.47 Å². The monoisotopic (exact) mass is 326 g/mol. The fourth-order valence-corrected chi connectivity index (χ4v) is 1.24. The van der Waals surface area contributed by atoms with Gasteiger partial charge in [-0.3, -0.25) is 0 Å². The standard InChI is InChI=1S/C11H24O4.C3H8O2.C2H6/c1-9(15-11(4,5)13)7-6-8-14-10(2,3)12;1-3(2,4)5;1-2/h9,12-13H,6-8H2,1-5H3;4-5H,1-2H3;1-2H3/t9-;;/m1../s1. The zero-order chi connectivity index (χ0) is 18.6. The number of aliphatic hydroxyl groups is 4. The zero-order valence-electron chi connectivity index (χ0n) is 15.8. The van der Waals surface area contributed by atoms with E-state index in [9.17, 15) is 10.2 Å². The number of rotatable bonds is 7. The van der Waals surface area contributed by atoms with Crippen LogP contribution < -0.4 is 0 Å². The van der Waals surface area contributed by atoms with E-state index < -0.39 is 17.4 Å². The van der Waals surface area contributed by atoms with E-state index in [0.29, 0.717) is 6.61 Å². The Kier molecular flexibility index (Phi) is 14.8. The van der Waals surface area contributed by atoms with Crippen LogP contribution in [0.2, 0.25) is 0 Å². The molecule has 6 heteroatoms. The van der Waals surface area contributed by atoms with E-state index in [1.54, 1.807) is 27.7 Å². The third-order valence-electron chi connectivity index (χ3n) is 1.70. The molecule has 0 spiro atoms. The van der Waals surface area contributed by atoms with E-state index in [1.807, 2.05) is 20.8 Å². The van der Waals surface area contributed by atoms with Gasteiger partial charge in [-0.1, -0.05) is 13.8 Å². The fraction of sp³-hybridized carbons (Fsp3) is 1.00. The molecule has 4 N–H and O–H groups in total. The van der Waals surface area contributed by atoms with Crippen LogP contribution in [-0.4, -0.2) is 50.5 Å². The molecule has 138 valence electrons. The molecule has 0 amide bonds. The predicted octanol–water partition coefficient (Wildman–Crippen LogP) is 2.38. The molecule has 22 heavy (non-hydrogen) atoms.